The third-order valence-electron chi connectivity index (χ3n) is 3.42. The SMILES string of the molecule is CCOC(c1ccccn1)c1cc(Cl)c2cccnc2c1O. The van der Waals surface area contributed by atoms with Crippen molar-refractivity contribution in [2.45, 2.75) is 13.0 Å². The fourth-order valence-electron chi connectivity index (χ4n) is 2.44. The van der Waals surface area contributed by atoms with E-state index in [0.717, 1.165) is 0 Å². The van der Waals surface area contributed by atoms with Gasteiger partial charge in [-0.15, -0.1) is 0 Å². The number of hydrogen-bond donors (Lipinski definition) is 1. The van der Waals surface area contributed by atoms with Gasteiger partial charge in [0.1, 0.15) is 17.4 Å². The highest BCUT2D eigenvalue weighted by molar-refractivity contribution is 6.35. The highest BCUT2D eigenvalue weighted by Crippen LogP contribution is 2.39. The zero-order valence-corrected chi connectivity index (χ0v) is 12.8. The molecule has 0 radical (unpaired) electrons. The van der Waals surface area contributed by atoms with E-state index in [1.807, 2.05) is 31.2 Å². The molecule has 0 fully saturated rings. The number of aromatic hydroxyl groups is 1. The number of benzene rings is 1. The van der Waals surface area contributed by atoms with Crippen LogP contribution in [0.1, 0.15) is 24.3 Å². The summed E-state index contributed by atoms with van der Waals surface area (Å²) in [6.07, 6.45) is 2.83. The second-order valence-corrected chi connectivity index (χ2v) is 5.19. The lowest BCUT2D eigenvalue weighted by atomic mass is 10.0. The molecule has 1 aromatic carbocycles. The second kappa shape index (κ2) is 6.30. The van der Waals surface area contributed by atoms with Crippen molar-refractivity contribution in [3.63, 3.8) is 0 Å². The molecule has 2 heterocycles. The number of pyridine rings is 2. The van der Waals surface area contributed by atoms with Crippen molar-refractivity contribution >= 4 is 22.5 Å². The monoisotopic (exact) mass is 314 g/mol. The molecule has 0 aliphatic rings. The smallest absolute Gasteiger partial charge is 0.148 e. The first-order chi connectivity index (χ1) is 10.7. The number of phenolic OH excluding ortho intramolecular Hbond substituents is 1. The minimum absolute atomic E-state index is 0.0732. The number of halogens is 1. The quantitative estimate of drug-likeness (QED) is 0.787. The molecule has 0 bridgehead atoms. The summed E-state index contributed by atoms with van der Waals surface area (Å²) in [4.78, 5) is 8.55. The molecule has 22 heavy (non-hydrogen) atoms. The van der Waals surface area contributed by atoms with Crippen LogP contribution in [0.15, 0.2) is 48.8 Å². The number of nitrogens with zero attached hydrogens (tertiary/aromatic N) is 2. The molecule has 0 saturated heterocycles. The van der Waals surface area contributed by atoms with Crippen LogP contribution in [0.25, 0.3) is 10.9 Å². The highest BCUT2D eigenvalue weighted by Gasteiger charge is 2.22. The third-order valence-corrected chi connectivity index (χ3v) is 3.73. The summed E-state index contributed by atoms with van der Waals surface area (Å²) >= 11 is 6.34. The van der Waals surface area contributed by atoms with Gasteiger partial charge in [0.2, 0.25) is 0 Å². The summed E-state index contributed by atoms with van der Waals surface area (Å²) in [5, 5.41) is 11.8. The number of phenols is 1. The first-order valence-electron chi connectivity index (χ1n) is 7.01. The van der Waals surface area contributed by atoms with Crippen molar-refractivity contribution in [2.24, 2.45) is 0 Å². The lowest BCUT2D eigenvalue weighted by Crippen LogP contribution is -2.08. The predicted molar refractivity (Wildman–Crippen MR) is 86.1 cm³/mol. The van der Waals surface area contributed by atoms with Crippen LogP contribution in [-0.4, -0.2) is 21.7 Å². The summed E-state index contributed by atoms with van der Waals surface area (Å²) in [5.74, 6) is 0.0732. The van der Waals surface area contributed by atoms with E-state index in [9.17, 15) is 5.11 Å². The average molecular weight is 315 g/mol. The van der Waals surface area contributed by atoms with Crippen molar-refractivity contribution in [1.82, 2.24) is 9.97 Å². The van der Waals surface area contributed by atoms with Crippen molar-refractivity contribution < 1.29 is 9.84 Å². The third kappa shape index (κ3) is 2.63. The Balaban J connectivity index is 2.20. The molecule has 3 rings (SSSR count). The molecule has 1 atom stereocenters. The van der Waals surface area contributed by atoms with Crippen LogP contribution >= 0.6 is 11.6 Å². The van der Waals surface area contributed by atoms with Crippen LogP contribution in [0.4, 0.5) is 0 Å². The van der Waals surface area contributed by atoms with E-state index in [1.54, 1.807) is 24.5 Å². The van der Waals surface area contributed by atoms with E-state index in [1.165, 1.54) is 0 Å². The molecule has 0 saturated carbocycles. The summed E-state index contributed by atoms with van der Waals surface area (Å²) < 4.78 is 5.79. The van der Waals surface area contributed by atoms with Gasteiger partial charge in [-0.2, -0.15) is 0 Å². The normalized spacial score (nSPS) is 12.5. The number of fused-ring (bicyclic) bond motifs is 1. The van der Waals surface area contributed by atoms with Gasteiger partial charge in [-0.3, -0.25) is 9.97 Å². The van der Waals surface area contributed by atoms with Crippen LogP contribution in [0.2, 0.25) is 5.02 Å². The van der Waals surface area contributed by atoms with Gasteiger partial charge in [0.25, 0.3) is 0 Å². The van der Waals surface area contributed by atoms with Crippen molar-refractivity contribution in [2.75, 3.05) is 6.61 Å². The van der Waals surface area contributed by atoms with Crippen molar-refractivity contribution in [3.05, 3.63) is 65.1 Å². The number of rotatable bonds is 4. The van der Waals surface area contributed by atoms with E-state index in [4.69, 9.17) is 16.3 Å². The van der Waals surface area contributed by atoms with Gasteiger partial charge in [0.15, 0.2) is 0 Å². The lowest BCUT2D eigenvalue weighted by Gasteiger charge is -2.19. The Morgan fingerprint density at radius 2 is 2.00 bits per heavy atom. The Bertz CT molecular complexity index is 793. The van der Waals surface area contributed by atoms with Gasteiger partial charge in [-0.25, -0.2) is 0 Å². The van der Waals surface area contributed by atoms with E-state index in [2.05, 4.69) is 9.97 Å². The number of hydrogen-bond acceptors (Lipinski definition) is 4. The van der Waals surface area contributed by atoms with E-state index < -0.39 is 6.10 Å². The van der Waals surface area contributed by atoms with Crippen LogP contribution < -0.4 is 0 Å². The fourth-order valence-corrected chi connectivity index (χ4v) is 2.71. The van der Waals surface area contributed by atoms with Crippen LogP contribution in [0.3, 0.4) is 0 Å². The first kappa shape index (κ1) is 14.8. The van der Waals surface area contributed by atoms with Crippen LogP contribution in [0.5, 0.6) is 5.75 Å². The Kier molecular flexibility index (Phi) is 4.22. The predicted octanol–water partition coefficient (Wildman–Crippen LogP) is 4.11. The van der Waals surface area contributed by atoms with Gasteiger partial charge in [0, 0.05) is 30.0 Å². The molecule has 0 aliphatic heterocycles. The number of ether oxygens (including phenoxy) is 1. The molecule has 0 spiro atoms. The largest absolute Gasteiger partial charge is 0.505 e. The van der Waals surface area contributed by atoms with Crippen molar-refractivity contribution in [3.8, 4) is 5.75 Å². The Morgan fingerprint density at radius 1 is 1.18 bits per heavy atom. The summed E-state index contributed by atoms with van der Waals surface area (Å²) in [6, 6.07) is 10.9. The Hall–Kier alpha value is -2.17. The second-order valence-electron chi connectivity index (χ2n) is 4.79. The van der Waals surface area contributed by atoms with Crippen LogP contribution in [0, 0.1) is 0 Å². The average Bonchev–Trinajstić information content (AvgIpc) is 2.57. The first-order valence-corrected chi connectivity index (χ1v) is 7.38. The molecule has 1 N–H and O–H groups in total. The summed E-state index contributed by atoms with van der Waals surface area (Å²) in [5.41, 5.74) is 1.74. The lowest BCUT2D eigenvalue weighted by molar-refractivity contribution is 0.0867. The molecule has 5 heteroatoms. The van der Waals surface area contributed by atoms with E-state index in [-0.39, 0.29) is 5.75 Å². The summed E-state index contributed by atoms with van der Waals surface area (Å²) in [7, 11) is 0. The van der Waals surface area contributed by atoms with Gasteiger partial charge < -0.3 is 9.84 Å². The van der Waals surface area contributed by atoms with Gasteiger partial charge in [-0.1, -0.05) is 17.7 Å². The van der Waals surface area contributed by atoms with Crippen LogP contribution in [-0.2, 0) is 4.74 Å². The maximum absolute atomic E-state index is 10.6. The standard InChI is InChI=1S/C17H15ClN2O2/c1-2-22-17(14-7-3-4-8-19-14)12-10-13(18)11-6-5-9-20-15(11)16(12)21/h3-10,17,21H,2H2,1H3. The van der Waals surface area contributed by atoms with Gasteiger partial charge in [0.05, 0.1) is 10.7 Å². The number of aromatic nitrogens is 2. The zero-order valence-electron chi connectivity index (χ0n) is 12.0. The topological polar surface area (TPSA) is 55.2 Å². The zero-order chi connectivity index (χ0) is 15.5. The maximum atomic E-state index is 10.6. The molecule has 112 valence electrons. The minimum atomic E-state index is -0.491. The van der Waals surface area contributed by atoms with E-state index in [0.29, 0.717) is 33.8 Å². The molecular formula is C17H15ClN2O2. The van der Waals surface area contributed by atoms with Crippen molar-refractivity contribution in [1.29, 1.82) is 0 Å². The van der Waals surface area contributed by atoms with Gasteiger partial charge >= 0.3 is 0 Å². The minimum Gasteiger partial charge on any atom is -0.505 e. The van der Waals surface area contributed by atoms with Gasteiger partial charge in [-0.05, 0) is 37.3 Å². The molecule has 4 nitrogen and oxygen atoms in total. The summed E-state index contributed by atoms with van der Waals surface area (Å²) in [6.45, 7) is 2.38. The molecule has 0 amide bonds. The molecule has 0 aliphatic carbocycles. The molecule has 2 aromatic heterocycles. The molecule has 1 unspecified atom stereocenters. The fraction of sp³-hybridized carbons (Fsp3) is 0.176. The molecule has 3 aromatic rings. The highest BCUT2D eigenvalue weighted by atomic mass is 35.5. The van der Waals surface area contributed by atoms with E-state index >= 15 is 0 Å². The Morgan fingerprint density at radius 3 is 2.73 bits per heavy atom. The molecular weight excluding hydrogens is 300 g/mol. The Labute approximate surface area is 133 Å². The maximum Gasteiger partial charge on any atom is 0.148 e.